The van der Waals surface area contributed by atoms with E-state index in [1.165, 1.54) is 0 Å². The average Bonchev–Trinajstić information content (AvgIpc) is 2.48. The zero-order valence-corrected chi connectivity index (χ0v) is 13.2. The fraction of sp³-hybridized carbons (Fsp3) is 0.278. The lowest BCUT2D eigenvalue weighted by atomic mass is 9.87. The first-order chi connectivity index (χ1) is 10.5. The first-order valence-electron chi connectivity index (χ1n) is 7.32. The molecule has 0 saturated heterocycles. The van der Waals surface area contributed by atoms with Crippen molar-refractivity contribution in [3.63, 3.8) is 0 Å². The van der Waals surface area contributed by atoms with Gasteiger partial charge in [0.2, 0.25) is 5.91 Å². The number of benzene rings is 2. The normalized spacial score (nSPS) is 12.0. The Hall–Kier alpha value is -2.49. The highest BCUT2D eigenvalue weighted by Crippen LogP contribution is 2.28. The summed E-state index contributed by atoms with van der Waals surface area (Å²) in [6.07, 6.45) is 0. The van der Waals surface area contributed by atoms with Crippen LogP contribution in [0.2, 0.25) is 0 Å². The second kappa shape index (κ2) is 6.98. The molecular formula is C18H22N2O2. The summed E-state index contributed by atoms with van der Waals surface area (Å²) in [4.78, 5) is 12.6. The fourth-order valence-corrected chi connectivity index (χ4v) is 2.53. The van der Waals surface area contributed by atoms with Crippen molar-refractivity contribution < 1.29 is 9.53 Å². The summed E-state index contributed by atoms with van der Waals surface area (Å²) in [7, 11) is 1.56. The Morgan fingerprint density at radius 1 is 1.14 bits per heavy atom. The van der Waals surface area contributed by atoms with E-state index in [1.807, 2.05) is 44.2 Å². The molecule has 0 saturated carbocycles. The number of hydrogen-bond donors (Lipinski definition) is 2. The van der Waals surface area contributed by atoms with Gasteiger partial charge < -0.3 is 15.8 Å². The number of nitrogen functional groups attached to an aromatic ring is 1. The van der Waals surface area contributed by atoms with E-state index in [9.17, 15) is 4.79 Å². The summed E-state index contributed by atoms with van der Waals surface area (Å²) >= 11 is 0. The molecule has 1 amide bonds. The SMILES string of the molecule is COc1ccc(NC(=O)C(c2ccccc2)C(C)C)cc1N. The third-order valence-corrected chi connectivity index (χ3v) is 3.61. The van der Waals surface area contributed by atoms with Gasteiger partial charge in [-0.2, -0.15) is 0 Å². The standard InChI is InChI=1S/C18H22N2O2/c1-12(2)17(13-7-5-4-6-8-13)18(21)20-14-9-10-16(22-3)15(19)11-14/h4-12,17H,19H2,1-3H3,(H,20,21). The maximum Gasteiger partial charge on any atom is 0.232 e. The van der Waals surface area contributed by atoms with Crippen molar-refractivity contribution in [3.8, 4) is 5.75 Å². The van der Waals surface area contributed by atoms with Gasteiger partial charge in [0.15, 0.2) is 0 Å². The molecule has 0 heterocycles. The van der Waals surface area contributed by atoms with E-state index < -0.39 is 0 Å². The van der Waals surface area contributed by atoms with Crippen LogP contribution in [0.4, 0.5) is 11.4 Å². The molecule has 0 aliphatic rings. The van der Waals surface area contributed by atoms with Crippen LogP contribution in [0.15, 0.2) is 48.5 Å². The van der Waals surface area contributed by atoms with Crippen LogP contribution in [0.25, 0.3) is 0 Å². The van der Waals surface area contributed by atoms with Gasteiger partial charge in [0, 0.05) is 5.69 Å². The van der Waals surface area contributed by atoms with E-state index in [-0.39, 0.29) is 17.7 Å². The van der Waals surface area contributed by atoms with E-state index in [4.69, 9.17) is 10.5 Å². The highest BCUT2D eigenvalue weighted by Gasteiger charge is 2.24. The number of hydrogen-bond acceptors (Lipinski definition) is 3. The van der Waals surface area contributed by atoms with E-state index in [0.717, 1.165) is 5.56 Å². The Labute approximate surface area is 131 Å². The smallest absolute Gasteiger partial charge is 0.232 e. The Balaban J connectivity index is 2.20. The molecule has 1 atom stereocenters. The largest absolute Gasteiger partial charge is 0.495 e. The third kappa shape index (κ3) is 3.58. The van der Waals surface area contributed by atoms with Crippen molar-refractivity contribution >= 4 is 17.3 Å². The van der Waals surface area contributed by atoms with Crippen molar-refractivity contribution in [3.05, 3.63) is 54.1 Å². The van der Waals surface area contributed by atoms with Gasteiger partial charge in [0.25, 0.3) is 0 Å². The minimum atomic E-state index is -0.204. The zero-order valence-electron chi connectivity index (χ0n) is 13.2. The average molecular weight is 298 g/mol. The van der Waals surface area contributed by atoms with Crippen LogP contribution in [-0.4, -0.2) is 13.0 Å². The predicted molar refractivity (Wildman–Crippen MR) is 90.1 cm³/mol. The highest BCUT2D eigenvalue weighted by molar-refractivity contribution is 5.96. The topological polar surface area (TPSA) is 64.3 Å². The zero-order chi connectivity index (χ0) is 16.1. The van der Waals surface area contributed by atoms with Crippen molar-refractivity contribution in [2.75, 3.05) is 18.2 Å². The Kier molecular flexibility index (Phi) is 5.04. The first-order valence-corrected chi connectivity index (χ1v) is 7.32. The minimum absolute atomic E-state index is 0.0363. The predicted octanol–water partition coefficient (Wildman–Crippen LogP) is 3.66. The number of carbonyl (C=O) groups excluding carboxylic acids is 1. The molecule has 4 heteroatoms. The lowest BCUT2D eigenvalue weighted by Crippen LogP contribution is -2.25. The number of ether oxygens (including phenoxy) is 1. The summed E-state index contributed by atoms with van der Waals surface area (Å²) in [5.74, 6) is 0.551. The molecule has 0 aliphatic carbocycles. The van der Waals surface area contributed by atoms with Gasteiger partial charge in [-0.25, -0.2) is 0 Å². The molecule has 0 spiro atoms. The molecule has 116 valence electrons. The molecule has 1 unspecified atom stereocenters. The summed E-state index contributed by atoms with van der Waals surface area (Å²) in [6, 6.07) is 15.0. The Bertz CT molecular complexity index is 639. The van der Waals surface area contributed by atoms with Gasteiger partial charge >= 0.3 is 0 Å². The van der Waals surface area contributed by atoms with Crippen LogP contribution in [0, 0.1) is 5.92 Å². The van der Waals surface area contributed by atoms with E-state index >= 15 is 0 Å². The molecule has 22 heavy (non-hydrogen) atoms. The number of anilines is 2. The number of nitrogens with one attached hydrogen (secondary N) is 1. The summed E-state index contributed by atoms with van der Waals surface area (Å²) < 4.78 is 5.12. The van der Waals surface area contributed by atoms with Gasteiger partial charge in [-0.1, -0.05) is 44.2 Å². The van der Waals surface area contributed by atoms with Gasteiger partial charge in [0.05, 0.1) is 18.7 Å². The number of amides is 1. The fourth-order valence-electron chi connectivity index (χ4n) is 2.53. The Morgan fingerprint density at radius 2 is 1.82 bits per heavy atom. The molecule has 2 rings (SSSR count). The molecule has 2 aromatic carbocycles. The van der Waals surface area contributed by atoms with Crippen LogP contribution in [-0.2, 0) is 4.79 Å². The highest BCUT2D eigenvalue weighted by atomic mass is 16.5. The number of nitrogens with two attached hydrogens (primary N) is 1. The lowest BCUT2D eigenvalue weighted by molar-refractivity contribution is -0.118. The molecular weight excluding hydrogens is 276 g/mol. The molecule has 0 aliphatic heterocycles. The van der Waals surface area contributed by atoms with Gasteiger partial charge in [-0.15, -0.1) is 0 Å². The number of carbonyl (C=O) groups is 1. The van der Waals surface area contributed by atoms with Crippen LogP contribution in [0.5, 0.6) is 5.75 Å². The van der Waals surface area contributed by atoms with Crippen LogP contribution in [0.3, 0.4) is 0 Å². The Morgan fingerprint density at radius 3 is 2.36 bits per heavy atom. The number of rotatable bonds is 5. The summed E-state index contributed by atoms with van der Waals surface area (Å²) in [5.41, 5.74) is 8.06. The maximum atomic E-state index is 12.6. The van der Waals surface area contributed by atoms with E-state index in [0.29, 0.717) is 17.1 Å². The maximum absolute atomic E-state index is 12.6. The lowest BCUT2D eigenvalue weighted by Gasteiger charge is -2.21. The van der Waals surface area contributed by atoms with Crippen molar-refractivity contribution in [2.24, 2.45) is 5.92 Å². The van der Waals surface area contributed by atoms with Gasteiger partial charge in [-0.3, -0.25) is 4.79 Å². The second-order valence-electron chi connectivity index (χ2n) is 5.58. The van der Waals surface area contributed by atoms with Crippen molar-refractivity contribution in [1.82, 2.24) is 0 Å². The third-order valence-electron chi connectivity index (χ3n) is 3.61. The molecule has 0 aromatic heterocycles. The quantitative estimate of drug-likeness (QED) is 0.828. The monoisotopic (exact) mass is 298 g/mol. The molecule has 3 N–H and O–H groups in total. The van der Waals surface area contributed by atoms with Gasteiger partial charge in [-0.05, 0) is 29.7 Å². The number of methoxy groups -OCH3 is 1. The summed E-state index contributed by atoms with van der Waals surface area (Å²) in [6.45, 7) is 4.08. The van der Waals surface area contributed by atoms with Crippen molar-refractivity contribution in [1.29, 1.82) is 0 Å². The van der Waals surface area contributed by atoms with Crippen molar-refractivity contribution in [2.45, 2.75) is 19.8 Å². The van der Waals surface area contributed by atoms with Gasteiger partial charge in [0.1, 0.15) is 5.75 Å². The second-order valence-corrected chi connectivity index (χ2v) is 5.58. The molecule has 2 aromatic rings. The summed E-state index contributed by atoms with van der Waals surface area (Å²) in [5, 5.41) is 2.94. The van der Waals surface area contributed by atoms with Crippen LogP contribution < -0.4 is 15.8 Å². The molecule has 4 nitrogen and oxygen atoms in total. The first kappa shape index (κ1) is 15.9. The van der Waals surface area contributed by atoms with Crippen LogP contribution in [0.1, 0.15) is 25.3 Å². The molecule has 0 bridgehead atoms. The van der Waals surface area contributed by atoms with E-state index in [2.05, 4.69) is 5.32 Å². The molecule has 0 radical (unpaired) electrons. The van der Waals surface area contributed by atoms with Crippen LogP contribution >= 0.6 is 0 Å². The minimum Gasteiger partial charge on any atom is -0.495 e. The van der Waals surface area contributed by atoms with E-state index in [1.54, 1.807) is 25.3 Å². The molecule has 0 fully saturated rings.